The van der Waals surface area contributed by atoms with Gasteiger partial charge in [-0.05, 0) is 29.8 Å². The summed E-state index contributed by atoms with van der Waals surface area (Å²) in [7, 11) is -3.73. The number of fused-ring (bicyclic) bond motifs is 1. The topological polar surface area (TPSA) is 73.6 Å². The summed E-state index contributed by atoms with van der Waals surface area (Å²) >= 11 is 0. The van der Waals surface area contributed by atoms with E-state index in [0.29, 0.717) is 0 Å². The van der Waals surface area contributed by atoms with Crippen LogP contribution >= 0.6 is 0 Å². The largest absolute Gasteiger partial charge is 0.463 e. The van der Waals surface area contributed by atoms with E-state index < -0.39 is 27.3 Å². The monoisotopic (exact) mass is 384 g/mol. The fraction of sp³-hybridized carbons (Fsp3) is 0.118. The van der Waals surface area contributed by atoms with E-state index >= 15 is 0 Å². The molecule has 0 bridgehead atoms. The van der Waals surface area contributed by atoms with Crippen LogP contribution in [0.5, 0.6) is 5.75 Å². The average Bonchev–Trinajstić information content (AvgIpc) is 2.53. The highest BCUT2D eigenvalue weighted by Crippen LogP contribution is 2.31. The zero-order chi connectivity index (χ0) is 19.1. The van der Waals surface area contributed by atoms with Crippen molar-refractivity contribution < 1.29 is 30.2 Å². The zero-order valence-corrected chi connectivity index (χ0v) is 14.0. The number of halogens is 3. The van der Waals surface area contributed by atoms with Gasteiger partial charge in [-0.1, -0.05) is 12.1 Å². The summed E-state index contributed by atoms with van der Waals surface area (Å²) < 4.78 is 70.2. The Morgan fingerprint density at radius 3 is 2.27 bits per heavy atom. The molecule has 0 saturated heterocycles. The molecule has 26 heavy (non-hydrogen) atoms. The van der Waals surface area contributed by atoms with Crippen LogP contribution in [-0.2, 0) is 16.3 Å². The van der Waals surface area contributed by atoms with E-state index in [1.54, 1.807) is 0 Å². The van der Waals surface area contributed by atoms with Crippen LogP contribution in [0, 0.1) is 0 Å². The predicted molar refractivity (Wildman–Crippen MR) is 88.4 cm³/mol. The molecule has 0 aliphatic rings. The maximum absolute atomic E-state index is 12.6. The molecule has 0 atom stereocenters. The first kappa shape index (κ1) is 18.0. The smallest absolute Gasteiger partial charge is 0.416 e. The molecule has 0 radical (unpaired) electrons. The minimum absolute atomic E-state index is 0.0227. The molecular formula is C17H11F3O5S. The second kappa shape index (κ2) is 6.17. The average molecular weight is 384 g/mol. The molecule has 0 amide bonds. The van der Waals surface area contributed by atoms with E-state index in [1.807, 2.05) is 0 Å². The number of alkyl halides is 3. The van der Waals surface area contributed by atoms with Gasteiger partial charge in [0.2, 0.25) is 0 Å². The third-order valence-corrected chi connectivity index (χ3v) is 4.01. The van der Waals surface area contributed by atoms with Gasteiger partial charge in [-0.15, -0.1) is 0 Å². The molecule has 136 valence electrons. The third-order valence-electron chi connectivity index (χ3n) is 3.52. The summed E-state index contributed by atoms with van der Waals surface area (Å²) in [6, 6.07) is 7.98. The van der Waals surface area contributed by atoms with Gasteiger partial charge in [-0.2, -0.15) is 21.6 Å². The van der Waals surface area contributed by atoms with Gasteiger partial charge in [0.25, 0.3) is 0 Å². The number of benzene rings is 2. The highest BCUT2D eigenvalue weighted by molar-refractivity contribution is 7.86. The molecule has 0 unspecified atom stereocenters. The van der Waals surface area contributed by atoms with E-state index in [0.717, 1.165) is 24.7 Å². The van der Waals surface area contributed by atoms with Crippen LogP contribution in [0.25, 0.3) is 22.1 Å². The van der Waals surface area contributed by atoms with E-state index in [2.05, 4.69) is 0 Å². The maximum Gasteiger partial charge on any atom is 0.416 e. The van der Waals surface area contributed by atoms with Crippen LogP contribution in [0.2, 0.25) is 0 Å². The highest BCUT2D eigenvalue weighted by Gasteiger charge is 2.30. The van der Waals surface area contributed by atoms with Crippen molar-refractivity contribution in [1.29, 1.82) is 0 Å². The van der Waals surface area contributed by atoms with Crippen LogP contribution in [-0.4, -0.2) is 14.7 Å². The minimum Gasteiger partial charge on any atom is -0.463 e. The Hall–Kier alpha value is -2.81. The van der Waals surface area contributed by atoms with Gasteiger partial charge < -0.3 is 8.60 Å². The molecular weight excluding hydrogens is 373 g/mol. The Morgan fingerprint density at radius 1 is 1.04 bits per heavy atom. The van der Waals surface area contributed by atoms with Crippen LogP contribution in [0.15, 0.2) is 57.9 Å². The molecule has 0 aliphatic heterocycles. The Kier molecular flexibility index (Phi) is 4.27. The van der Waals surface area contributed by atoms with Crippen molar-refractivity contribution in [1.82, 2.24) is 0 Å². The SMILES string of the molecule is CS(=O)(=O)Oc1ccc2c(=O)c(-c3ccc(C(F)(F)F)cc3)coc2c1. The van der Waals surface area contributed by atoms with E-state index in [-0.39, 0.29) is 27.8 Å². The zero-order valence-electron chi connectivity index (χ0n) is 13.2. The third kappa shape index (κ3) is 3.72. The summed E-state index contributed by atoms with van der Waals surface area (Å²) in [5.41, 5.74) is -0.842. The number of hydrogen-bond acceptors (Lipinski definition) is 5. The fourth-order valence-corrected chi connectivity index (χ4v) is 2.83. The van der Waals surface area contributed by atoms with Crippen molar-refractivity contribution >= 4 is 21.1 Å². The molecule has 0 saturated carbocycles. The normalized spacial score (nSPS) is 12.3. The van der Waals surface area contributed by atoms with Crippen molar-refractivity contribution in [3.05, 3.63) is 64.5 Å². The molecule has 0 aliphatic carbocycles. The van der Waals surface area contributed by atoms with Crippen molar-refractivity contribution in [2.24, 2.45) is 0 Å². The molecule has 9 heteroatoms. The first-order valence-corrected chi connectivity index (χ1v) is 8.99. The molecule has 3 rings (SSSR count). The van der Waals surface area contributed by atoms with Crippen LogP contribution in [0.3, 0.4) is 0 Å². The van der Waals surface area contributed by atoms with Crippen LogP contribution in [0.4, 0.5) is 13.2 Å². The second-order valence-corrected chi connectivity index (χ2v) is 7.07. The van der Waals surface area contributed by atoms with Gasteiger partial charge in [-0.3, -0.25) is 4.79 Å². The number of hydrogen-bond donors (Lipinski definition) is 0. The van der Waals surface area contributed by atoms with Gasteiger partial charge in [0.1, 0.15) is 17.6 Å². The molecule has 0 N–H and O–H groups in total. The van der Waals surface area contributed by atoms with Gasteiger partial charge >= 0.3 is 16.3 Å². The van der Waals surface area contributed by atoms with Crippen LogP contribution < -0.4 is 9.61 Å². The van der Waals surface area contributed by atoms with E-state index in [4.69, 9.17) is 8.60 Å². The summed E-state index contributed by atoms with van der Waals surface area (Å²) in [5, 5.41) is 0.142. The summed E-state index contributed by atoms with van der Waals surface area (Å²) in [4.78, 5) is 12.6. The maximum atomic E-state index is 12.6. The lowest BCUT2D eigenvalue weighted by Crippen LogP contribution is -2.08. The molecule has 1 aromatic heterocycles. The van der Waals surface area contributed by atoms with Crippen molar-refractivity contribution in [2.75, 3.05) is 6.26 Å². The van der Waals surface area contributed by atoms with Crippen molar-refractivity contribution in [2.45, 2.75) is 6.18 Å². The Bertz CT molecular complexity index is 1130. The van der Waals surface area contributed by atoms with Crippen molar-refractivity contribution in [3.8, 4) is 16.9 Å². The Labute approximate surface area is 145 Å². The first-order valence-electron chi connectivity index (χ1n) is 7.17. The first-order chi connectivity index (χ1) is 12.0. The van der Waals surface area contributed by atoms with Gasteiger partial charge in [0.15, 0.2) is 5.43 Å². The van der Waals surface area contributed by atoms with E-state index in [1.165, 1.54) is 30.3 Å². The van der Waals surface area contributed by atoms with Crippen molar-refractivity contribution in [3.63, 3.8) is 0 Å². The summed E-state index contributed by atoms with van der Waals surface area (Å²) in [6.07, 6.45) is -2.48. The lowest BCUT2D eigenvalue weighted by molar-refractivity contribution is -0.137. The quantitative estimate of drug-likeness (QED) is 0.642. The van der Waals surface area contributed by atoms with E-state index in [9.17, 15) is 26.4 Å². The molecule has 0 spiro atoms. The second-order valence-electron chi connectivity index (χ2n) is 5.50. The molecule has 5 nitrogen and oxygen atoms in total. The lowest BCUT2D eigenvalue weighted by Gasteiger charge is -2.08. The van der Waals surface area contributed by atoms with Gasteiger partial charge in [0.05, 0.1) is 22.8 Å². The Morgan fingerprint density at radius 2 is 1.69 bits per heavy atom. The Balaban J connectivity index is 2.05. The molecule has 3 aromatic rings. The molecule has 1 heterocycles. The minimum atomic E-state index is -4.47. The summed E-state index contributed by atoms with van der Waals surface area (Å²) in [6.45, 7) is 0. The summed E-state index contributed by atoms with van der Waals surface area (Å²) in [5.74, 6) is -0.0227. The fourth-order valence-electron chi connectivity index (χ4n) is 2.37. The standard InChI is InChI=1S/C17H11F3O5S/c1-26(22,23)25-12-6-7-13-15(8-12)24-9-14(16(13)21)10-2-4-11(5-3-10)17(18,19)20/h2-9H,1H3. The van der Waals surface area contributed by atoms with Gasteiger partial charge in [0, 0.05) is 6.07 Å². The molecule has 2 aromatic carbocycles. The highest BCUT2D eigenvalue weighted by atomic mass is 32.2. The molecule has 0 fully saturated rings. The lowest BCUT2D eigenvalue weighted by atomic mass is 10.0. The van der Waals surface area contributed by atoms with Gasteiger partial charge in [-0.25, -0.2) is 0 Å². The van der Waals surface area contributed by atoms with Crippen LogP contribution in [0.1, 0.15) is 5.56 Å². The predicted octanol–water partition coefficient (Wildman–Crippen LogP) is 3.82. The number of rotatable bonds is 3.